The van der Waals surface area contributed by atoms with E-state index in [9.17, 15) is 13.2 Å². The van der Waals surface area contributed by atoms with Crippen LogP contribution < -0.4 is 10.0 Å². The Morgan fingerprint density at radius 1 is 1.11 bits per heavy atom. The summed E-state index contributed by atoms with van der Waals surface area (Å²) in [5.41, 5.74) is 1.60. The molecule has 0 saturated carbocycles. The second-order valence-corrected chi connectivity index (χ2v) is 8.24. The SMILES string of the molecule is O=C(CCc1csc(NS(=O)(=O)c2ccccc2)n1)NCc1cccnc1. The molecule has 0 spiro atoms. The quantitative estimate of drug-likeness (QED) is 0.603. The predicted molar refractivity (Wildman–Crippen MR) is 104 cm³/mol. The summed E-state index contributed by atoms with van der Waals surface area (Å²) in [6.45, 7) is 0.422. The fourth-order valence-electron chi connectivity index (χ4n) is 2.28. The Balaban J connectivity index is 1.50. The molecule has 0 atom stereocenters. The lowest BCUT2D eigenvalue weighted by Crippen LogP contribution is -2.23. The highest BCUT2D eigenvalue weighted by molar-refractivity contribution is 7.93. The average Bonchev–Trinajstić information content (AvgIpc) is 3.13. The largest absolute Gasteiger partial charge is 0.352 e. The van der Waals surface area contributed by atoms with Gasteiger partial charge in [0.05, 0.1) is 10.6 Å². The monoisotopic (exact) mass is 402 g/mol. The number of hydrogen-bond donors (Lipinski definition) is 2. The molecule has 0 aliphatic heterocycles. The molecule has 0 bridgehead atoms. The number of benzene rings is 1. The summed E-state index contributed by atoms with van der Waals surface area (Å²) in [7, 11) is -3.66. The zero-order chi connectivity index (χ0) is 19.1. The number of sulfonamides is 1. The minimum atomic E-state index is -3.66. The van der Waals surface area contributed by atoms with Crippen LogP contribution in [0.5, 0.6) is 0 Å². The molecule has 2 N–H and O–H groups in total. The molecule has 3 aromatic rings. The van der Waals surface area contributed by atoms with Crippen molar-refractivity contribution >= 4 is 32.4 Å². The van der Waals surface area contributed by atoms with Crippen LogP contribution >= 0.6 is 11.3 Å². The predicted octanol–water partition coefficient (Wildman–Crippen LogP) is 2.59. The molecule has 0 fully saturated rings. The van der Waals surface area contributed by atoms with Crippen molar-refractivity contribution in [2.24, 2.45) is 0 Å². The fraction of sp³-hybridized carbons (Fsp3) is 0.167. The highest BCUT2D eigenvalue weighted by Gasteiger charge is 2.15. The van der Waals surface area contributed by atoms with Gasteiger partial charge in [-0.2, -0.15) is 0 Å². The molecule has 27 heavy (non-hydrogen) atoms. The Labute approximate surface area is 161 Å². The standard InChI is InChI=1S/C18H18N4O3S2/c23-17(20-12-14-5-4-10-19-11-14)9-8-15-13-26-18(21-15)22-27(24,25)16-6-2-1-3-7-16/h1-7,10-11,13H,8-9,12H2,(H,20,23)(H,21,22). The second-order valence-electron chi connectivity index (χ2n) is 5.70. The molecule has 140 valence electrons. The lowest BCUT2D eigenvalue weighted by atomic mass is 10.2. The third kappa shape index (κ3) is 5.60. The van der Waals surface area contributed by atoms with E-state index >= 15 is 0 Å². The molecule has 0 radical (unpaired) electrons. The number of pyridine rings is 1. The van der Waals surface area contributed by atoms with Crippen LogP contribution in [0.15, 0.2) is 65.1 Å². The van der Waals surface area contributed by atoms with Crippen molar-refractivity contribution in [1.29, 1.82) is 0 Å². The van der Waals surface area contributed by atoms with Gasteiger partial charge in [-0.05, 0) is 30.2 Å². The van der Waals surface area contributed by atoms with Gasteiger partial charge >= 0.3 is 0 Å². The maximum atomic E-state index is 12.3. The Kier molecular flexibility index (Phi) is 6.15. The number of hydrogen-bond acceptors (Lipinski definition) is 6. The maximum absolute atomic E-state index is 12.3. The van der Waals surface area contributed by atoms with Crippen molar-refractivity contribution in [2.45, 2.75) is 24.3 Å². The number of nitrogens with zero attached hydrogens (tertiary/aromatic N) is 2. The van der Waals surface area contributed by atoms with Crippen LogP contribution in [0, 0.1) is 0 Å². The molecule has 9 heteroatoms. The van der Waals surface area contributed by atoms with Crippen molar-refractivity contribution in [2.75, 3.05) is 4.72 Å². The third-order valence-corrected chi connectivity index (χ3v) is 5.94. The summed E-state index contributed by atoms with van der Waals surface area (Å²) >= 11 is 1.19. The number of aromatic nitrogens is 2. The Bertz CT molecular complexity index is 990. The molecule has 3 rings (SSSR count). The van der Waals surface area contributed by atoms with E-state index in [1.54, 1.807) is 36.0 Å². The van der Waals surface area contributed by atoms with Gasteiger partial charge in [-0.25, -0.2) is 13.4 Å². The zero-order valence-electron chi connectivity index (χ0n) is 14.3. The molecule has 0 unspecified atom stereocenters. The van der Waals surface area contributed by atoms with Crippen LogP contribution in [0.2, 0.25) is 0 Å². The van der Waals surface area contributed by atoms with Crippen LogP contribution in [0.25, 0.3) is 0 Å². The van der Waals surface area contributed by atoms with Crippen molar-refractivity contribution in [3.05, 3.63) is 71.5 Å². The number of rotatable bonds is 8. The topological polar surface area (TPSA) is 101 Å². The Morgan fingerprint density at radius 3 is 2.67 bits per heavy atom. The number of thiazole rings is 1. The van der Waals surface area contributed by atoms with E-state index in [0.29, 0.717) is 18.7 Å². The Morgan fingerprint density at radius 2 is 1.93 bits per heavy atom. The summed E-state index contributed by atoms with van der Waals surface area (Å²) in [4.78, 5) is 20.4. The van der Waals surface area contributed by atoms with Crippen molar-refractivity contribution in [1.82, 2.24) is 15.3 Å². The van der Waals surface area contributed by atoms with Gasteiger partial charge in [0.1, 0.15) is 0 Å². The van der Waals surface area contributed by atoms with Gasteiger partial charge in [-0.3, -0.25) is 14.5 Å². The minimum Gasteiger partial charge on any atom is -0.352 e. The van der Waals surface area contributed by atoms with Crippen LogP contribution in [-0.2, 0) is 27.8 Å². The number of aryl methyl sites for hydroxylation is 1. The van der Waals surface area contributed by atoms with Crippen molar-refractivity contribution in [3.63, 3.8) is 0 Å². The van der Waals surface area contributed by atoms with Gasteiger partial charge in [0.15, 0.2) is 5.13 Å². The van der Waals surface area contributed by atoms with Gasteiger partial charge in [0.2, 0.25) is 5.91 Å². The number of carbonyl (C=O) groups excluding carboxylic acids is 1. The molecular weight excluding hydrogens is 384 g/mol. The van der Waals surface area contributed by atoms with Crippen molar-refractivity contribution < 1.29 is 13.2 Å². The smallest absolute Gasteiger partial charge is 0.263 e. The van der Waals surface area contributed by atoms with Gasteiger partial charge in [0, 0.05) is 30.7 Å². The van der Waals surface area contributed by atoms with Gasteiger partial charge < -0.3 is 5.32 Å². The zero-order valence-corrected chi connectivity index (χ0v) is 16.0. The summed E-state index contributed by atoms with van der Waals surface area (Å²) in [5, 5.41) is 4.85. The molecule has 2 heterocycles. The summed E-state index contributed by atoms with van der Waals surface area (Å²) in [6, 6.07) is 11.8. The van der Waals surface area contributed by atoms with Gasteiger partial charge in [-0.1, -0.05) is 24.3 Å². The average molecular weight is 403 g/mol. The van der Waals surface area contributed by atoms with Crippen LogP contribution in [0.1, 0.15) is 17.7 Å². The maximum Gasteiger partial charge on any atom is 0.263 e. The lowest BCUT2D eigenvalue weighted by molar-refractivity contribution is -0.121. The van der Waals surface area contributed by atoms with Gasteiger partial charge in [-0.15, -0.1) is 11.3 Å². The lowest BCUT2D eigenvalue weighted by Gasteiger charge is -2.05. The third-order valence-electron chi connectivity index (χ3n) is 3.65. The Hall–Kier alpha value is -2.78. The number of amides is 1. The van der Waals surface area contributed by atoms with E-state index in [0.717, 1.165) is 5.56 Å². The van der Waals surface area contributed by atoms with Gasteiger partial charge in [0.25, 0.3) is 10.0 Å². The van der Waals surface area contributed by atoms with Crippen LogP contribution in [0.4, 0.5) is 5.13 Å². The normalized spacial score (nSPS) is 11.1. The molecule has 7 nitrogen and oxygen atoms in total. The molecule has 0 aliphatic carbocycles. The summed E-state index contributed by atoms with van der Waals surface area (Å²) in [6.07, 6.45) is 4.08. The minimum absolute atomic E-state index is 0.0988. The van der Waals surface area contributed by atoms with E-state index in [1.165, 1.54) is 23.5 Å². The molecule has 1 amide bonds. The van der Waals surface area contributed by atoms with E-state index in [1.807, 2.05) is 12.1 Å². The number of carbonyl (C=O) groups is 1. The fourth-order valence-corrected chi connectivity index (χ4v) is 4.29. The molecular formula is C18H18N4O3S2. The first-order valence-corrected chi connectivity index (χ1v) is 10.6. The highest BCUT2D eigenvalue weighted by atomic mass is 32.2. The van der Waals surface area contributed by atoms with E-state index in [4.69, 9.17) is 0 Å². The molecule has 1 aromatic carbocycles. The first-order valence-electron chi connectivity index (χ1n) is 8.21. The summed E-state index contributed by atoms with van der Waals surface area (Å²) < 4.78 is 27.0. The molecule has 0 aliphatic rings. The number of anilines is 1. The molecule has 0 saturated heterocycles. The van der Waals surface area contributed by atoms with E-state index < -0.39 is 10.0 Å². The first kappa shape index (κ1) is 19.0. The van der Waals surface area contributed by atoms with Crippen molar-refractivity contribution in [3.8, 4) is 0 Å². The second kappa shape index (κ2) is 8.74. The highest BCUT2D eigenvalue weighted by Crippen LogP contribution is 2.20. The summed E-state index contributed by atoms with van der Waals surface area (Å²) in [5.74, 6) is -0.0988. The number of nitrogens with one attached hydrogen (secondary N) is 2. The van der Waals surface area contributed by atoms with Crippen LogP contribution in [-0.4, -0.2) is 24.3 Å². The van der Waals surface area contributed by atoms with E-state index in [-0.39, 0.29) is 22.4 Å². The van der Waals surface area contributed by atoms with Crippen LogP contribution in [0.3, 0.4) is 0 Å². The van der Waals surface area contributed by atoms with E-state index in [2.05, 4.69) is 20.0 Å². The molecule has 2 aromatic heterocycles. The first-order chi connectivity index (χ1) is 13.0.